The number of anilines is 3. The van der Waals surface area contributed by atoms with Crippen LogP contribution >= 0.6 is 0 Å². The van der Waals surface area contributed by atoms with Crippen LogP contribution in [0.5, 0.6) is 0 Å². The fraction of sp³-hybridized carbons (Fsp3) is 0.270. The molecule has 5 aromatic rings. The van der Waals surface area contributed by atoms with Crippen molar-refractivity contribution in [1.82, 2.24) is 24.3 Å². The van der Waals surface area contributed by atoms with Crippen molar-refractivity contribution in [2.75, 3.05) is 69.6 Å². The number of nitrogens with zero attached hydrogens (tertiary/aromatic N) is 4. The highest BCUT2D eigenvalue weighted by atomic mass is 16.5. The Balaban J connectivity index is 1.12. The molecule has 266 valence electrons. The predicted octanol–water partition coefficient (Wildman–Crippen LogP) is 3.99. The number of pyridine rings is 1. The fourth-order valence-corrected chi connectivity index (χ4v) is 5.42. The maximum absolute atomic E-state index is 13.1. The quantitative estimate of drug-likeness (QED) is 0.121. The van der Waals surface area contributed by atoms with Crippen LogP contribution in [-0.4, -0.2) is 96.3 Å². The first-order valence-electron chi connectivity index (χ1n) is 16.3. The second kappa shape index (κ2) is 17.2. The molecule has 0 radical (unpaired) electrons. The Morgan fingerprint density at radius 3 is 1.86 bits per heavy atom. The Morgan fingerprint density at radius 1 is 0.667 bits per heavy atom. The molecule has 51 heavy (non-hydrogen) atoms. The molecular formula is C37H42N8O6. The Morgan fingerprint density at radius 2 is 1.24 bits per heavy atom. The van der Waals surface area contributed by atoms with Gasteiger partial charge in [-0.25, -0.2) is 0 Å². The summed E-state index contributed by atoms with van der Waals surface area (Å²) in [5.41, 5.74) is 2.73. The van der Waals surface area contributed by atoms with Gasteiger partial charge in [0.05, 0.1) is 24.6 Å². The summed E-state index contributed by atoms with van der Waals surface area (Å²) < 4.78 is 13.6. The van der Waals surface area contributed by atoms with E-state index in [1.807, 2.05) is 24.3 Å². The highest BCUT2D eigenvalue weighted by Crippen LogP contribution is 2.19. The summed E-state index contributed by atoms with van der Waals surface area (Å²) in [4.78, 5) is 58.2. The molecule has 0 atom stereocenters. The van der Waals surface area contributed by atoms with Gasteiger partial charge in [-0.1, -0.05) is 24.3 Å². The molecule has 0 saturated carbocycles. The van der Waals surface area contributed by atoms with Gasteiger partial charge in [0.2, 0.25) is 0 Å². The minimum atomic E-state index is -0.396. The largest absolute Gasteiger partial charge is 0.383 e. The summed E-state index contributed by atoms with van der Waals surface area (Å²) in [5.74, 6) is -1.42. The molecule has 0 aliphatic rings. The van der Waals surface area contributed by atoms with E-state index < -0.39 is 11.8 Å². The molecule has 0 aliphatic carbocycles. The number of methoxy groups -OCH3 is 2. The summed E-state index contributed by atoms with van der Waals surface area (Å²) >= 11 is 0. The van der Waals surface area contributed by atoms with Gasteiger partial charge in [-0.15, -0.1) is 0 Å². The van der Waals surface area contributed by atoms with Crippen LogP contribution in [0.15, 0.2) is 85.3 Å². The standard InChI is InChI=1S/C37H42N8O6/c1-43-23-29(20-32(43)36(48)38-13-14-45(15-17-50-3)16-18-51-4)41-34(46)25-9-11-28(12-10-25)40-37(49)33-21-30(24-44(33)2)42-35(47)31-19-26-7-5-6-8-27(26)22-39-31/h5-12,19-24H,13-18H2,1-4H3,(H,38,48)(H,40,49)(H,41,46)(H,42,47). The molecule has 3 heterocycles. The van der Waals surface area contributed by atoms with Gasteiger partial charge in [0.25, 0.3) is 23.6 Å². The van der Waals surface area contributed by atoms with Gasteiger partial charge < -0.3 is 39.9 Å². The smallest absolute Gasteiger partial charge is 0.274 e. The topological polar surface area (TPSA) is 161 Å². The highest BCUT2D eigenvalue weighted by molar-refractivity contribution is 6.08. The number of aromatic nitrogens is 3. The van der Waals surface area contributed by atoms with Crippen LogP contribution in [0.1, 0.15) is 41.8 Å². The Hall–Kier alpha value is -5.83. The summed E-state index contributed by atoms with van der Waals surface area (Å²) in [6.07, 6.45) is 4.96. The van der Waals surface area contributed by atoms with Crippen LogP contribution in [0, 0.1) is 0 Å². The van der Waals surface area contributed by atoms with E-state index in [0.717, 1.165) is 23.9 Å². The van der Waals surface area contributed by atoms with Gasteiger partial charge in [-0.3, -0.25) is 29.1 Å². The monoisotopic (exact) mass is 694 g/mol. The van der Waals surface area contributed by atoms with Crippen molar-refractivity contribution < 1.29 is 28.7 Å². The van der Waals surface area contributed by atoms with Gasteiger partial charge in [0.15, 0.2) is 0 Å². The van der Waals surface area contributed by atoms with Crippen molar-refractivity contribution >= 4 is 51.5 Å². The van der Waals surface area contributed by atoms with Crippen LogP contribution in [0.3, 0.4) is 0 Å². The minimum Gasteiger partial charge on any atom is -0.383 e. The van der Waals surface area contributed by atoms with E-state index in [1.165, 1.54) is 0 Å². The number of amides is 4. The molecule has 0 aliphatic heterocycles. The lowest BCUT2D eigenvalue weighted by molar-refractivity contribution is 0.0922. The molecule has 0 bridgehead atoms. The zero-order valence-electron chi connectivity index (χ0n) is 29.1. The number of benzene rings is 2. The van der Waals surface area contributed by atoms with Crippen molar-refractivity contribution in [3.8, 4) is 0 Å². The predicted molar refractivity (Wildman–Crippen MR) is 195 cm³/mol. The minimum absolute atomic E-state index is 0.258. The first-order valence-corrected chi connectivity index (χ1v) is 16.3. The van der Waals surface area contributed by atoms with Gasteiger partial charge in [0, 0.05) is 89.7 Å². The fourth-order valence-electron chi connectivity index (χ4n) is 5.42. The van der Waals surface area contributed by atoms with Crippen LogP contribution in [-0.2, 0) is 23.6 Å². The molecule has 14 heteroatoms. The third-order valence-corrected chi connectivity index (χ3v) is 8.20. The summed E-state index contributed by atoms with van der Waals surface area (Å²) in [7, 11) is 6.73. The molecule has 0 saturated heterocycles. The van der Waals surface area contributed by atoms with E-state index in [4.69, 9.17) is 9.47 Å². The number of ether oxygens (including phenoxy) is 2. The number of nitrogens with one attached hydrogen (secondary N) is 4. The van der Waals surface area contributed by atoms with Crippen molar-refractivity contribution in [1.29, 1.82) is 0 Å². The normalized spacial score (nSPS) is 11.1. The number of carbonyl (C=O) groups excluding carboxylic acids is 4. The molecule has 2 aromatic carbocycles. The number of hydrogen-bond donors (Lipinski definition) is 4. The lowest BCUT2D eigenvalue weighted by atomic mass is 10.1. The third-order valence-electron chi connectivity index (χ3n) is 8.20. The Bertz CT molecular complexity index is 1990. The van der Waals surface area contributed by atoms with Gasteiger partial charge in [-0.2, -0.15) is 0 Å². The third kappa shape index (κ3) is 9.66. The number of fused-ring (bicyclic) bond motifs is 1. The van der Waals surface area contributed by atoms with E-state index in [-0.39, 0.29) is 17.5 Å². The molecule has 3 aromatic heterocycles. The Labute approximate surface area is 295 Å². The van der Waals surface area contributed by atoms with E-state index in [9.17, 15) is 19.2 Å². The second-order valence-electron chi connectivity index (χ2n) is 11.9. The van der Waals surface area contributed by atoms with Crippen LogP contribution in [0.25, 0.3) is 10.8 Å². The maximum atomic E-state index is 13.1. The molecule has 5 rings (SSSR count). The molecule has 4 amide bonds. The summed E-state index contributed by atoms with van der Waals surface area (Å²) in [5, 5.41) is 13.2. The molecule has 0 spiro atoms. The molecule has 14 nitrogen and oxygen atoms in total. The summed E-state index contributed by atoms with van der Waals surface area (Å²) in [6.45, 7) is 3.69. The molecule has 0 unspecified atom stereocenters. The first-order chi connectivity index (χ1) is 24.6. The van der Waals surface area contributed by atoms with E-state index in [2.05, 4.69) is 31.2 Å². The van der Waals surface area contributed by atoms with E-state index in [1.54, 1.807) is 98.5 Å². The maximum Gasteiger partial charge on any atom is 0.274 e. The van der Waals surface area contributed by atoms with E-state index >= 15 is 0 Å². The number of carbonyl (C=O) groups is 4. The first kappa shape index (κ1) is 36.5. The SMILES string of the molecule is COCCN(CCNC(=O)c1cc(NC(=O)c2ccc(NC(=O)c3cc(NC(=O)c4cc5ccccc5cn4)cn3C)cc2)cn1C)CCOC. The molecular weight excluding hydrogens is 652 g/mol. The number of hydrogen-bond acceptors (Lipinski definition) is 8. The summed E-state index contributed by atoms with van der Waals surface area (Å²) in [6, 6.07) is 19.0. The van der Waals surface area contributed by atoms with Crippen LogP contribution in [0.2, 0.25) is 0 Å². The zero-order chi connectivity index (χ0) is 36.3. The lowest BCUT2D eigenvalue weighted by Gasteiger charge is -2.21. The Kier molecular flexibility index (Phi) is 12.3. The van der Waals surface area contributed by atoms with Crippen molar-refractivity contribution in [2.45, 2.75) is 0 Å². The van der Waals surface area contributed by atoms with Gasteiger partial charge >= 0.3 is 0 Å². The van der Waals surface area contributed by atoms with Crippen molar-refractivity contribution in [3.63, 3.8) is 0 Å². The van der Waals surface area contributed by atoms with Crippen LogP contribution in [0.4, 0.5) is 17.1 Å². The van der Waals surface area contributed by atoms with Crippen LogP contribution < -0.4 is 21.3 Å². The zero-order valence-corrected chi connectivity index (χ0v) is 29.1. The van der Waals surface area contributed by atoms with Crippen molar-refractivity contribution in [2.24, 2.45) is 14.1 Å². The molecule has 4 N–H and O–H groups in total. The number of aryl methyl sites for hydroxylation is 2. The van der Waals surface area contributed by atoms with E-state index in [0.29, 0.717) is 60.3 Å². The number of rotatable bonds is 16. The van der Waals surface area contributed by atoms with Gasteiger partial charge in [0.1, 0.15) is 17.1 Å². The average molecular weight is 695 g/mol. The molecule has 0 fully saturated rings. The second-order valence-corrected chi connectivity index (χ2v) is 11.9. The average Bonchev–Trinajstić information content (AvgIpc) is 3.69. The van der Waals surface area contributed by atoms with Gasteiger partial charge in [-0.05, 0) is 47.9 Å². The lowest BCUT2D eigenvalue weighted by Crippen LogP contribution is -2.38. The highest BCUT2D eigenvalue weighted by Gasteiger charge is 2.17. The van der Waals surface area contributed by atoms with Crippen molar-refractivity contribution in [3.05, 3.63) is 108 Å².